The van der Waals surface area contributed by atoms with E-state index in [9.17, 15) is 14.7 Å². The lowest BCUT2D eigenvalue weighted by Crippen LogP contribution is -2.48. The van der Waals surface area contributed by atoms with E-state index in [-0.39, 0.29) is 16.9 Å². The second-order valence-electron chi connectivity index (χ2n) is 6.62. The van der Waals surface area contributed by atoms with Crippen LogP contribution in [0.2, 0.25) is 0 Å². The van der Waals surface area contributed by atoms with E-state index in [4.69, 9.17) is 4.52 Å². The van der Waals surface area contributed by atoms with Crippen molar-refractivity contribution in [2.45, 2.75) is 52.5 Å². The first kappa shape index (κ1) is 15.5. The first-order chi connectivity index (χ1) is 9.80. The lowest BCUT2D eigenvalue weighted by atomic mass is 9.70. The molecule has 6 heteroatoms. The topological polar surface area (TPSA) is 92.4 Å². The number of nitrogens with zero attached hydrogens (tertiary/aromatic N) is 1. The normalized spacial score (nSPS) is 22.5. The molecule has 1 aliphatic rings. The standard InChI is InChI=1S/C15H22N2O4/c1-9-11(8-21-17-9)13(18)16-12(14(19)20)10-5-4-6-15(2,3)7-10/h8,10,12H,4-7H2,1-3H3,(H,16,18)(H,19,20). The minimum Gasteiger partial charge on any atom is -0.480 e. The zero-order chi connectivity index (χ0) is 15.6. The highest BCUT2D eigenvalue weighted by Gasteiger charge is 2.37. The van der Waals surface area contributed by atoms with E-state index in [1.165, 1.54) is 6.26 Å². The molecule has 21 heavy (non-hydrogen) atoms. The van der Waals surface area contributed by atoms with Crippen LogP contribution in [0.1, 0.15) is 55.6 Å². The molecule has 1 aromatic rings. The van der Waals surface area contributed by atoms with Gasteiger partial charge in [0.2, 0.25) is 0 Å². The summed E-state index contributed by atoms with van der Waals surface area (Å²) in [4.78, 5) is 23.7. The minimum atomic E-state index is -0.986. The maximum absolute atomic E-state index is 12.2. The zero-order valence-electron chi connectivity index (χ0n) is 12.7. The summed E-state index contributed by atoms with van der Waals surface area (Å²) in [6, 6.07) is -0.869. The first-order valence-corrected chi connectivity index (χ1v) is 7.25. The minimum absolute atomic E-state index is 0.0460. The van der Waals surface area contributed by atoms with Crippen molar-refractivity contribution in [2.24, 2.45) is 11.3 Å². The van der Waals surface area contributed by atoms with Gasteiger partial charge in [-0.05, 0) is 37.5 Å². The Bertz CT molecular complexity index is 536. The Kier molecular flexibility index (Phi) is 4.34. The summed E-state index contributed by atoms with van der Waals surface area (Å²) >= 11 is 0. The number of carboxylic acid groups (broad SMARTS) is 1. The highest BCUT2D eigenvalue weighted by atomic mass is 16.5. The average molecular weight is 294 g/mol. The van der Waals surface area contributed by atoms with Crippen molar-refractivity contribution in [1.29, 1.82) is 0 Å². The molecule has 116 valence electrons. The van der Waals surface area contributed by atoms with Crippen molar-refractivity contribution in [3.05, 3.63) is 17.5 Å². The summed E-state index contributed by atoms with van der Waals surface area (Å²) in [5, 5.41) is 15.7. The van der Waals surface area contributed by atoms with Crippen LogP contribution in [0.3, 0.4) is 0 Å². The smallest absolute Gasteiger partial charge is 0.326 e. The summed E-state index contributed by atoms with van der Waals surface area (Å²) < 4.78 is 4.73. The third-order valence-corrected chi connectivity index (χ3v) is 4.26. The Morgan fingerprint density at radius 3 is 2.76 bits per heavy atom. The van der Waals surface area contributed by atoms with Crippen molar-refractivity contribution >= 4 is 11.9 Å². The van der Waals surface area contributed by atoms with E-state index < -0.39 is 17.9 Å². The molecular weight excluding hydrogens is 272 g/mol. The van der Waals surface area contributed by atoms with Gasteiger partial charge in [0.25, 0.3) is 5.91 Å². The number of rotatable bonds is 4. The van der Waals surface area contributed by atoms with E-state index in [0.717, 1.165) is 25.7 Å². The average Bonchev–Trinajstić information content (AvgIpc) is 2.80. The van der Waals surface area contributed by atoms with Crippen molar-refractivity contribution in [2.75, 3.05) is 0 Å². The van der Waals surface area contributed by atoms with Gasteiger partial charge in [0.05, 0.1) is 5.69 Å². The van der Waals surface area contributed by atoms with Gasteiger partial charge >= 0.3 is 5.97 Å². The molecule has 0 radical (unpaired) electrons. The number of aryl methyl sites for hydroxylation is 1. The molecule has 1 aromatic heterocycles. The van der Waals surface area contributed by atoms with Gasteiger partial charge in [-0.3, -0.25) is 4.79 Å². The van der Waals surface area contributed by atoms with Crippen LogP contribution >= 0.6 is 0 Å². The maximum atomic E-state index is 12.2. The third kappa shape index (κ3) is 3.62. The summed E-state index contributed by atoms with van der Waals surface area (Å²) in [5.41, 5.74) is 0.867. The zero-order valence-corrected chi connectivity index (χ0v) is 12.7. The molecule has 1 amide bonds. The Balaban J connectivity index is 2.11. The predicted octanol–water partition coefficient (Wildman–Crippen LogP) is 2.38. The second-order valence-corrected chi connectivity index (χ2v) is 6.62. The van der Waals surface area contributed by atoms with Gasteiger partial charge in [-0.1, -0.05) is 25.4 Å². The Morgan fingerprint density at radius 2 is 2.24 bits per heavy atom. The van der Waals surface area contributed by atoms with Crippen LogP contribution in [-0.2, 0) is 4.79 Å². The summed E-state index contributed by atoms with van der Waals surface area (Å²) in [6.07, 6.45) is 4.95. The molecule has 2 atom stereocenters. The molecule has 0 bridgehead atoms. The number of aromatic nitrogens is 1. The van der Waals surface area contributed by atoms with Gasteiger partial charge in [0.1, 0.15) is 17.9 Å². The van der Waals surface area contributed by atoms with E-state index in [2.05, 4.69) is 24.3 Å². The monoisotopic (exact) mass is 294 g/mol. The first-order valence-electron chi connectivity index (χ1n) is 7.25. The number of carbonyl (C=O) groups is 2. The third-order valence-electron chi connectivity index (χ3n) is 4.26. The second kappa shape index (κ2) is 5.87. The molecule has 1 fully saturated rings. The molecule has 0 aromatic carbocycles. The van der Waals surface area contributed by atoms with Gasteiger partial charge in [0.15, 0.2) is 0 Å². The quantitative estimate of drug-likeness (QED) is 0.889. The Labute approximate surface area is 123 Å². The summed E-state index contributed by atoms with van der Waals surface area (Å²) in [7, 11) is 0. The fraction of sp³-hybridized carbons (Fsp3) is 0.667. The van der Waals surface area contributed by atoms with Crippen molar-refractivity contribution < 1.29 is 19.2 Å². The highest BCUT2D eigenvalue weighted by molar-refractivity contribution is 5.97. The van der Waals surface area contributed by atoms with Crippen LogP contribution in [0.15, 0.2) is 10.8 Å². The fourth-order valence-electron chi connectivity index (χ4n) is 3.15. The largest absolute Gasteiger partial charge is 0.480 e. The molecule has 1 saturated carbocycles. The van der Waals surface area contributed by atoms with Gasteiger partial charge in [-0.25, -0.2) is 4.79 Å². The number of amides is 1. The van der Waals surface area contributed by atoms with Gasteiger partial charge in [-0.2, -0.15) is 0 Å². The van der Waals surface area contributed by atoms with Gasteiger partial charge in [0, 0.05) is 0 Å². The van der Waals surface area contributed by atoms with Crippen molar-refractivity contribution in [3.63, 3.8) is 0 Å². The van der Waals surface area contributed by atoms with Crippen molar-refractivity contribution in [1.82, 2.24) is 10.5 Å². The molecule has 0 saturated heterocycles. The van der Waals surface area contributed by atoms with E-state index in [1.54, 1.807) is 6.92 Å². The van der Waals surface area contributed by atoms with Crippen LogP contribution in [0.4, 0.5) is 0 Å². The molecule has 2 rings (SSSR count). The molecular formula is C15H22N2O4. The van der Waals surface area contributed by atoms with E-state index >= 15 is 0 Å². The number of carbonyl (C=O) groups excluding carboxylic acids is 1. The van der Waals surface area contributed by atoms with E-state index in [1.807, 2.05) is 0 Å². The van der Waals surface area contributed by atoms with Gasteiger partial charge < -0.3 is 14.9 Å². The SMILES string of the molecule is Cc1nocc1C(=O)NC(C(=O)O)C1CCCC(C)(C)C1. The van der Waals surface area contributed by atoms with Crippen LogP contribution in [-0.4, -0.2) is 28.2 Å². The van der Waals surface area contributed by atoms with Gasteiger partial charge in [-0.15, -0.1) is 0 Å². The van der Waals surface area contributed by atoms with Crippen LogP contribution in [0.25, 0.3) is 0 Å². The number of aliphatic carboxylic acids is 1. The Morgan fingerprint density at radius 1 is 1.52 bits per heavy atom. The highest BCUT2D eigenvalue weighted by Crippen LogP contribution is 2.40. The van der Waals surface area contributed by atoms with Crippen molar-refractivity contribution in [3.8, 4) is 0 Å². The lowest BCUT2D eigenvalue weighted by Gasteiger charge is -2.37. The van der Waals surface area contributed by atoms with Crippen LogP contribution in [0.5, 0.6) is 0 Å². The predicted molar refractivity (Wildman–Crippen MR) is 75.9 cm³/mol. The fourth-order valence-corrected chi connectivity index (χ4v) is 3.15. The maximum Gasteiger partial charge on any atom is 0.326 e. The summed E-state index contributed by atoms with van der Waals surface area (Å²) in [5.74, 6) is -1.47. The molecule has 2 unspecified atom stereocenters. The molecule has 1 heterocycles. The molecule has 0 spiro atoms. The molecule has 0 aliphatic heterocycles. The number of hydrogen-bond donors (Lipinski definition) is 2. The number of hydrogen-bond acceptors (Lipinski definition) is 4. The molecule has 1 aliphatic carbocycles. The number of nitrogens with one attached hydrogen (secondary N) is 1. The van der Waals surface area contributed by atoms with Crippen LogP contribution < -0.4 is 5.32 Å². The Hall–Kier alpha value is -1.85. The summed E-state index contributed by atoms with van der Waals surface area (Å²) in [6.45, 7) is 5.94. The van der Waals surface area contributed by atoms with E-state index in [0.29, 0.717) is 5.69 Å². The lowest BCUT2D eigenvalue weighted by molar-refractivity contribution is -0.141. The molecule has 2 N–H and O–H groups in total. The molecule has 6 nitrogen and oxygen atoms in total. The number of carboxylic acids is 1. The van der Waals surface area contributed by atoms with Crippen LogP contribution in [0, 0.1) is 18.3 Å².